The zero-order chi connectivity index (χ0) is 21.5. The average Bonchev–Trinajstić information content (AvgIpc) is 2.84. The van der Waals surface area contributed by atoms with Gasteiger partial charge in [-0.15, -0.1) is 0 Å². The maximum Gasteiger partial charge on any atom is 0.260 e. The minimum atomic E-state index is -0.237. The van der Waals surface area contributed by atoms with E-state index in [9.17, 15) is 9.90 Å². The van der Waals surface area contributed by atoms with Gasteiger partial charge in [-0.2, -0.15) is 0 Å². The van der Waals surface area contributed by atoms with Gasteiger partial charge in [0.2, 0.25) is 0 Å². The number of hydrogen-bond donors (Lipinski definition) is 1. The van der Waals surface area contributed by atoms with Gasteiger partial charge in [0.25, 0.3) is 5.91 Å². The third kappa shape index (κ3) is 5.64. The van der Waals surface area contributed by atoms with E-state index in [1.807, 2.05) is 47.4 Å². The SMILES string of the molecule is O=C(COc1ccc(CN2CCO[C@H](CO)[C@H]2c2ccccc2)cc1)N1CCCCC1. The second-order valence-electron chi connectivity index (χ2n) is 8.29. The predicted molar refractivity (Wildman–Crippen MR) is 119 cm³/mol. The lowest BCUT2D eigenvalue weighted by atomic mass is 9.97. The molecule has 2 atom stereocenters. The van der Waals surface area contributed by atoms with E-state index >= 15 is 0 Å². The summed E-state index contributed by atoms with van der Waals surface area (Å²) in [5, 5.41) is 9.84. The van der Waals surface area contributed by atoms with Crippen molar-refractivity contribution >= 4 is 5.91 Å². The third-order valence-corrected chi connectivity index (χ3v) is 6.16. The monoisotopic (exact) mass is 424 g/mol. The van der Waals surface area contributed by atoms with E-state index in [0.717, 1.165) is 50.1 Å². The summed E-state index contributed by atoms with van der Waals surface area (Å²) in [5.41, 5.74) is 2.31. The molecule has 0 saturated carbocycles. The highest BCUT2D eigenvalue weighted by molar-refractivity contribution is 5.77. The Bertz CT molecular complexity index is 821. The van der Waals surface area contributed by atoms with E-state index in [1.54, 1.807) is 0 Å². The van der Waals surface area contributed by atoms with Gasteiger partial charge in [-0.25, -0.2) is 0 Å². The van der Waals surface area contributed by atoms with Crippen LogP contribution in [0.25, 0.3) is 0 Å². The first-order valence-electron chi connectivity index (χ1n) is 11.3. The van der Waals surface area contributed by atoms with Gasteiger partial charge in [0, 0.05) is 26.2 Å². The van der Waals surface area contributed by atoms with Crippen molar-refractivity contribution in [3.63, 3.8) is 0 Å². The number of carbonyl (C=O) groups excluding carboxylic acids is 1. The summed E-state index contributed by atoms with van der Waals surface area (Å²) in [5.74, 6) is 0.779. The first kappa shape index (κ1) is 21.8. The molecule has 6 nitrogen and oxygen atoms in total. The molecular formula is C25H32N2O4. The van der Waals surface area contributed by atoms with Crippen molar-refractivity contribution in [3.8, 4) is 5.75 Å². The van der Waals surface area contributed by atoms with Crippen molar-refractivity contribution in [2.45, 2.75) is 38.0 Å². The van der Waals surface area contributed by atoms with Crippen LogP contribution in [0.4, 0.5) is 0 Å². The van der Waals surface area contributed by atoms with Crippen LogP contribution in [0.2, 0.25) is 0 Å². The lowest BCUT2D eigenvalue weighted by molar-refractivity contribution is -0.134. The number of morpholine rings is 1. The Kier molecular flexibility index (Phi) is 7.57. The number of likely N-dealkylation sites (tertiary alicyclic amines) is 1. The summed E-state index contributed by atoms with van der Waals surface area (Å²) < 4.78 is 11.6. The Morgan fingerprint density at radius 1 is 1.00 bits per heavy atom. The number of carbonyl (C=O) groups is 1. The Hall–Kier alpha value is -2.41. The van der Waals surface area contributed by atoms with E-state index in [4.69, 9.17) is 9.47 Å². The number of piperidine rings is 1. The van der Waals surface area contributed by atoms with Gasteiger partial charge in [0.15, 0.2) is 6.61 Å². The zero-order valence-corrected chi connectivity index (χ0v) is 18.0. The minimum Gasteiger partial charge on any atom is -0.484 e. The Labute approximate surface area is 184 Å². The number of nitrogens with zero attached hydrogens (tertiary/aromatic N) is 2. The van der Waals surface area contributed by atoms with E-state index in [0.29, 0.717) is 12.4 Å². The molecule has 1 amide bonds. The highest BCUT2D eigenvalue weighted by Gasteiger charge is 2.33. The predicted octanol–water partition coefficient (Wildman–Crippen LogP) is 3.01. The molecule has 31 heavy (non-hydrogen) atoms. The normalized spacial score (nSPS) is 22.3. The quantitative estimate of drug-likeness (QED) is 0.740. The van der Waals surface area contributed by atoms with Crippen LogP contribution in [0.5, 0.6) is 5.75 Å². The van der Waals surface area contributed by atoms with Crippen molar-refractivity contribution in [1.82, 2.24) is 9.80 Å². The summed E-state index contributed by atoms with van der Waals surface area (Å²) in [6.45, 7) is 3.95. The van der Waals surface area contributed by atoms with Crippen LogP contribution in [-0.4, -0.2) is 66.4 Å². The van der Waals surface area contributed by atoms with Crippen LogP contribution < -0.4 is 4.74 Å². The molecule has 2 aromatic rings. The standard InChI is InChI=1S/C25H32N2O4/c28-18-23-25(21-7-3-1-4-8-21)27(15-16-30-23)17-20-9-11-22(12-10-20)31-19-24(29)26-13-5-2-6-14-26/h1,3-4,7-12,23,25,28H,2,5-6,13-19H2/t23-,25-/m1/s1. The van der Waals surface area contributed by atoms with Crippen LogP contribution >= 0.6 is 0 Å². The summed E-state index contributed by atoms with van der Waals surface area (Å²) in [4.78, 5) is 16.6. The highest BCUT2D eigenvalue weighted by Crippen LogP contribution is 2.31. The van der Waals surface area contributed by atoms with Crippen molar-refractivity contribution in [1.29, 1.82) is 0 Å². The molecule has 2 saturated heterocycles. The van der Waals surface area contributed by atoms with Crippen molar-refractivity contribution in [3.05, 3.63) is 65.7 Å². The maximum absolute atomic E-state index is 12.3. The fraction of sp³-hybridized carbons (Fsp3) is 0.480. The third-order valence-electron chi connectivity index (χ3n) is 6.16. The molecule has 2 aliphatic rings. The van der Waals surface area contributed by atoms with E-state index in [1.165, 1.54) is 6.42 Å². The number of ether oxygens (including phenoxy) is 2. The fourth-order valence-corrected chi connectivity index (χ4v) is 4.50. The molecule has 0 aliphatic carbocycles. The van der Waals surface area contributed by atoms with Gasteiger partial charge >= 0.3 is 0 Å². The first-order chi connectivity index (χ1) is 15.2. The highest BCUT2D eigenvalue weighted by atomic mass is 16.5. The van der Waals surface area contributed by atoms with Crippen LogP contribution in [0.15, 0.2) is 54.6 Å². The Balaban J connectivity index is 1.36. The molecular weight excluding hydrogens is 392 g/mol. The van der Waals surface area contributed by atoms with Crippen LogP contribution in [-0.2, 0) is 16.1 Å². The fourth-order valence-electron chi connectivity index (χ4n) is 4.50. The summed E-state index contributed by atoms with van der Waals surface area (Å²) >= 11 is 0. The van der Waals surface area contributed by atoms with Gasteiger partial charge in [0.1, 0.15) is 11.9 Å². The number of aliphatic hydroxyl groups is 1. The summed E-state index contributed by atoms with van der Waals surface area (Å²) in [7, 11) is 0. The molecule has 6 heteroatoms. The molecule has 0 spiro atoms. The van der Waals surface area contributed by atoms with E-state index in [-0.39, 0.29) is 31.3 Å². The minimum absolute atomic E-state index is 0.00607. The van der Waals surface area contributed by atoms with Gasteiger partial charge in [-0.05, 0) is 42.5 Å². The largest absolute Gasteiger partial charge is 0.484 e. The van der Waals surface area contributed by atoms with Gasteiger partial charge < -0.3 is 19.5 Å². The van der Waals surface area contributed by atoms with Gasteiger partial charge in [-0.1, -0.05) is 42.5 Å². The number of amides is 1. The van der Waals surface area contributed by atoms with E-state index in [2.05, 4.69) is 17.0 Å². The maximum atomic E-state index is 12.3. The zero-order valence-electron chi connectivity index (χ0n) is 18.0. The molecule has 4 rings (SSSR count). The topological polar surface area (TPSA) is 62.2 Å². The number of benzene rings is 2. The molecule has 166 valence electrons. The lowest BCUT2D eigenvalue weighted by Crippen LogP contribution is -2.46. The molecule has 0 bridgehead atoms. The molecule has 2 aromatic carbocycles. The smallest absolute Gasteiger partial charge is 0.260 e. The van der Waals surface area contributed by atoms with Crippen LogP contribution in [0, 0.1) is 0 Å². The summed E-state index contributed by atoms with van der Waals surface area (Å²) in [6, 6.07) is 18.2. The number of rotatable bonds is 7. The molecule has 2 aliphatic heterocycles. The molecule has 0 radical (unpaired) electrons. The van der Waals surface area contributed by atoms with Crippen LogP contribution in [0.1, 0.15) is 36.4 Å². The lowest BCUT2D eigenvalue weighted by Gasteiger charge is -2.41. The second-order valence-corrected chi connectivity index (χ2v) is 8.29. The Morgan fingerprint density at radius 2 is 1.74 bits per heavy atom. The van der Waals surface area contributed by atoms with Crippen molar-refractivity contribution < 1.29 is 19.4 Å². The van der Waals surface area contributed by atoms with Crippen molar-refractivity contribution in [2.75, 3.05) is 39.5 Å². The van der Waals surface area contributed by atoms with Gasteiger partial charge in [-0.3, -0.25) is 9.69 Å². The number of aliphatic hydroxyl groups excluding tert-OH is 1. The first-order valence-corrected chi connectivity index (χ1v) is 11.3. The molecule has 2 fully saturated rings. The molecule has 0 unspecified atom stereocenters. The van der Waals surface area contributed by atoms with Gasteiger partial charge in [0.05, 0.1) is 19.3 Å². The van der Waals surface area contributed by atoms with Crippen molar-refractivity contribution in [2.24, 2.45) is 0 Å². The Morgan fingerprint density at radius 3 is 2.45 bits per heavy atom. The average molecular weight is 425 g/mol. The second kappa shape index (κ2) is 10.8. The summed E-state index contributed by atoms with van der Waals surface area (Å²) in [6.07, 6.45) is 3.14. The molecule has 1 N–H and O–H groups in total. The molecule has 2 heterocycles. The van der Waals surface area contributed by atoms with E-state index < -0.39 is 0 Å². The number of hydrogen-bond acceptors (Lipinski definition) is 5. The van der Waals surface area contributed by atoms with Crippen LogP contribution in [0.3, 0.4) is 0 Å². The molecule has 0 aromatic heterocycles.